The summed E-state index contributed by atoms with van der Waals surface area (Å²) in [6, 6.07) is 9.47. The summed E-state index contributed by atoms with van der Waals surface area (Å²) in [5, 5.41) is 1.06. The smallest absolute Gasteiger partial charge is 0.0718 e. The van der Waals surface area contributed by atoms with E-state index in [0.29, 0.717) is 12.4 Å². The Labute approximate surface area is 121 Å². The van der Waals surface area contributed by atoms with Gasteiger partial charge in [-0.15, -0.1) is 0 Å². The second-order valence-corrected chi connectivity index (χ2v) is 3.11. The van der Waals surface area contributed by atoms with Gasteiger partial charge in [-0.3, -0.25) is 0 Å². The van der Waals surface area contributed by atoms with Crippen molar-refractivity contribution in [3.63, 3.8) is 0 Å². The Hall–Kier alpha value is -0.506. The molecule has 2 rings (SSSR count). The monoisotopic (exact) mass is 291 g/mol. The molecule has 0 saturated carbocycles. The van der Waals surface area contributed by atoms with Gasteiger partial charge in [-0.2, -0.15) is 0 Å². The van der Waals surface area contributed by atoms with Crippen LogP contribution in [0.4, 0.5) is 5.82 Å². The van der Waals surface area contributed by atoms with Crippen molar-refractivity contribution in [2.24, 2.45) is 0 Å². The van der Waals surface area contributed by atoms with E-state index in [-0.39, 0.29) is 40.1 Å². The van der Waals surface area contributed by atoms with E-state index in [1.54, 1.807) is 13.2 Å². The molecule has 0 atom stereocenters. The molecule has 0 fully saturated rings. The van der Waals surface area contributed by atoms with E-state index in [1.165, 1.54) is 0 Å². The Bertz CT molecular complexity index is 460. The van der Waals surface area contributed by atoms with Crippen LogP contribution in [0.25, 0.3) is 16.6 Å². The summed E-state index contributed by atoms with van der Waals surface area (Å²) in [6.45, 7) is 0.580. The van der Waals surface area contributed by atoms with Crippen LogP contribution in [-0.2, 0) is 44.1 Å². The molecule has 4 heteroatoms. The molecule has 0 spiro atoms. The van der Waals surface area contributed by atoms with Crippen LogP contribution in [0.15, 0.2) is 30.3 Å². The van der Waals surface area contributed by atoms with Crippen LogP contribution in [0.2, 0.25) is 0 Å². The molecule has 1 aromatic heterocycles. The van der Waals surface area contributed by atoms with Gasteiger partial charge in [0.1, 0.15) is 0 Å². The van der Waals surface area contributed by atoms with Crippen LogP contribution >= 0.6 is 0 Å². The largest absolute Gasteiger partial charge is 0.482 e. The summed E-state index contributed by atoms with van der Waals surface area (Å²) in [6.07, 6.45) is 0. The first-order valence-corrected chi connectivity index (χ1v) is 4.40. The van der Waals surface area contributed by atoms with Gasteiger partial charge >= 0.3 is 0 Å². The summed E-state index contributed by atoms with van der Waals surface area (Å²) >= 11 is 0. The first-order chi connectivity index (χ1) is 6.81. The van der Waals surface area contributed by atoms with Gasteiger partial charge in [0.25, 0.3) is 0 Å². The summed E-state index contributed by atoms with van der Waals surface area (Å²) in [5.74, 6) is 0.298. The standard InChI is InChI=1S/C11H11N2O.CH3.Y/c1-14-7-8-3-2-4-10-9(8)5-6-11(12)13-10;;/h2-6H,7H2,1H3,(H-,12,13);1H3;/q2*-1;. The molecular formula is C12H14N2OY-2. The van der Waals surface area contributed by atoms with Crippen molar-refractivity contribution in [3.8, 4) is 0 Å². The molecule has 0 aliphatic heterocycles. The molecule has 0 unspecified atom stereocenters. The van der Waals surface area contributed by atoms with Gasteiger partial charge < -0.3 is 22.9 Å². The molecule has 1 heterocycles. The third-order valence-corrected chi connectivity index (χ3v) is 2.12. The maximum atomic E-state index is 7.41. The van der Waals surface area contributed by atoms with Crippen molar-refractivity contribution in [2.75, 3.05) is 7.11 Å². The van der Waals surface area contributed by atoms with Gasteiger partial charge in [0.2, 0.25) is 0 Å². The molecular weight excluding hydrogens is 277 g/mol. The van der Waals surface area contributed by atoms with E-state index in [4.69, 9.17) is 10.5 Å². The van der Waals surface area contributed by atoms with Crippen molar-refractivity contribution < 1.29 is 37.4 Å². The van der Waals surface area contributed by atoms with Crippen LogP contribution in [0.1, 0.15) is 5.56 Å². The number of benzene rings is 1. The van der Waals surface area contributed by atoms with Gasteiger partial charge in [-0.05, 0) is 16.5 Å². The second-order valence-electron chi connectivity index (χ2n) is 3.11. The van der Waals surface area contributed by atoms with Gasteiger partial charge in [-0.1, -0.05) is 36.1 Å². The van der Waals surface area contributed by atoms with Gasteiger partial charge in [0, 0.05) is 39.8 Å². The Morgan fingerprint density at radius 1 is 1.25 bits per heavy atom. The van der Waals surface area contributed by atoms with E-state index < -0.39 is 0 Å². The number of hydrogen-bond acceptors (Lipinski definition) is 2. The minimum absolute atomic E-state index is 0. The molecule has 16 heavy (non-hydrogen) atoms. The Morgan fingerprint density at radius 3 is 2.69 bits per heavy atom. The molecule has 3 nitrogen and oxygen atoms in total. The fraction of sp³-hybridized carbons (Fsp3) is 0.167. The second kappa shape index (κ2) is 6.94. The normalized spacial score (nSPS) is 9.31. The molecule has 0 bridgehead atoms. The molecule has 83 valence electrons. The third-order valence-electron chi connectivity index (χ3n) is 2.12. The molecule has 2 aromatic rings. The van der Waals surface area contributed by atoms with Gasteiger partial charge in [-0.25, -0.2) is 0 Å². The molecule has 1 aromatic carbocycles. The first-order valence-electron chi connectivity index (χ1n) is 4.40. The number of aromatic nitrogens is 1. The molecule has 0 aliphatic carbocycles. The van der Waals surface area contributed by atoms with Crippen molar-refractivity contribution in [1.29, 1.82) is 0 Å². The van der Waals surface area contributed by atoms with Crippen molar-refractivity contribution in [2.45, 2.75) is 6.61 Å². The number of methoxy groups -OCH3 is 1. The van der Waals surface area contributed by atoms with Crippen LogP contribution in [-0.4, -0.2) is 12.1 Å². The average Bonchev–Trinajstić information content (AvgIpc) is 2.18. The van der Waals surface area contributed by atoms with Crippen LogP contribution < -0.4 is 0 Å². The van der Waals surface area contributed by atoms with Crippen molar-refractivity contribution in [3.05, 3.63) is 49.1 Å². The predicted molar refractivity (Wildman–Crippen MR) is 62.9 cm³/mol. The number of hydrogen-bond donors (Lipinski definition) is 0. The van der Waals surface area contributed by atoms with E-state index in [0.717, 1.165) is 16.5 Å². The van der Waals surface area contributed by atoms with Crippen molar-refractivity contribution in [1.82, 2.24) is 4.98 Å². The summed E-state index contributed by atoms with van der Waals surface area (Å²) in [4.78, 5) is 4.13. The van der Waals surface area contributed by atoms with Gasteiger partial charge in [0.05, 0.1) is 6.61 Å². The number of ether oxygens (including phenoxy) is 1. The maximum Gasteiger partial charge on any atom is 0.0718 e. The average molecular weight is 291 g/mol. The quantitative estimate of drug-likeness (QED) is 0.795. The summed E-state index contributed by atoms with van der Waals surface area (Å²) < 4.78 is 5.09. The predicted octanol–water partition coefficient (Wildman–Crippen LogP) is 3.51. The number of pyridine rings is 1. The molecule has 1 radical (unpaired) electrons. The van der Waals surface area contributed by atoms with E-state index in [2.05, 4.69) is 4.98 Å². The van der Waals surface area contributed by atoms with Crippen LogP contribution in [0.3, 0.4) is 0 Å². The topological polar surface area (TPSA) is 45.9 Å². The Balaban J connectivity index is 0.00000112. The Kier molecular flexibility index (Phi) is 6.73. The first kappa shape index (κ1) is 15.5. The summed E-state index contributed by atoms with van der Waals surface area (Å²) in [5.41, 5.74) is 9.37. The minimum atomic E-state index is 0. The SMILES string of the molecule is COCc1cccc2nc([NH-])ccc12.[CH3-].[Y]. The van der Waals surface area contributed by atoms with Crippen LogP contribution in [0, 0.1) is 7.43 Å². The van der Waals surface area contributed by atoms with E-state index in [9.17, 15) is 0 Å². The number of fused-ring (bicyclic) bond motifs is 1. The molecule has 1 N–H and O–H groups in total. The summed E-state index contributed by atoms with van der Waals surface area (Å²) in [7, 11) is 1.67. The fourth-order valence-electron chi connectivity index (χ4n) is 1.50. The third kappa shape index (κ3) is 3.24. The zero-order chi connectivity index (χ0) is 9.97. The van der Waals surface area contributed by atoms with Crippen LogP contribution in [0.5, 0.6) is 0 Å². The molecule has 0 amide bonds. The zero-order valence-corrected chi connectivity index (χ0v) is 12.4. The number of nitrogens with one attached hydrogen (secondary N) is 1. The van der Waals surface area contributed by atoms with Gasteiger partial charge in [0.15, 0.2) is 0 Å². The minimum Gasteiger partial charge on any atom is -0.482 e. The Morgan fingerprint density at radius 2 is 2.00 bits per heavy atom. The molecule has 0 aliphatic rings. The number of rotatable bonds is 2. The maximum absolute atomic E-state index is 7.41. The number of nitrogens with zero attached hydrogens (tertiary/aromatic N) is 1. The zero-order valence-electron chi connectivity index (χ0n) is 9.53. The van der Waals surface area contributed by atoms with E-state index >= 15 is 0 Å². The fourth-order valence-corrected chi connectivity index (χ4v) is 1.50. The molecule has 0 saturated heterocycles. The van der Waals surface area contributed by atoms with E-state index in [1.807, 2.05) is 24.3 Å². The van der Waals surface area contributed by atoms with Crippen molar-refractivity contribution >= 4 is 16.7 Å².